The van der Waals surface area contributed by atoms with E-state index in [0.29, 0.717) is 15.7 Å². The molecule has 0 fully saturated rings. The largest absolute Gasteiger partial charge is 0.416 e. The minimum atomic E-state index is -4.40. The summed E-state index contributed by atoms with van der Waals surface area (Å²) in [6.07, 6.45) is -4.40. The lowest BCUT2D eigenvalue weighted by Gasteiger charge is -2.17. The Bertz CT molecular complexity index is 671. The van der Waals surface area contributed by atoms with Crippen molar-refractivity contribution in [1.29, 1.82) is 0 Å². The first kappa shape index (κ1) is 16.2. The van der Waals surface area contributed by atoms with Crippen LogP contribution in [0.4, 0.5) is 23.1 Å². The number of nitrogens with one attached hydrogen (secondary N) is 1. The number of anilines is 1. The van der Waals surface area contributed by atoms with Gasteiger partial charge in [-0.3, -0.25) is 5.32 Å². The van der Waals surface area contributed by atoms with Gasteiger partial charge in [-0.2, -0.15) is 13.2 Å². The van der Waals surface area contributed by atoms with Gasteiger partial charge < -0.3 is 4.90 Å². The van der Waals surface area contributed by atoms with Crippen molar-refractivity contribution < 1.29 is 18.0 Å². The van der Waals surface area contributed by atoms with E-state index in [0.717, 1.165) is 12.1 Å². The third-order valence-electron chi connectivity index (χ3n) is 2.76. The van der Waals surface area contributed by atoms with Gasteiger partial charge in [-0.25, -0.2) is 4.79 Å². The number of aryl methyl sites for hydroxylation is 1. The number of carbonyl (C=O) groups is 1. The summed E-state index contributed by atoms with van der Waals surface area (Å²) in [7, 11) is 1.49. The van der Waals surface area contributed by atoms with E-state index >= 15 is 0 Å². The van der Waals surface area contributed by atoms with E-state index in [1.54, 1.807) is 6.92 Å². The molecular formula is C13H13F3N4OS. The van der Waals surface area contributed by atoms with Gasteiger partial charge in [0.05, 0.1) is 5.56 Å². The first-order valence-electron chi connectivity index (χ1n) is 6.24. The fourth-order valence-corrected chi connectivity index (χ4v) is 2.31. The van der Waals surface area contributed by atoms with E-state index < -0.39 is 17.8 Å². The molecule has 1 aromatic carbocycles. The molecule has 1 N–H and O–H groups in total. The Morgan fingerprint density at radius 1 is 1.36 bits per heavy atom. The van der Waals surface area contributed by atoms with Crippen LogP contribution < -0.4 is 5.32 Å². The first-order chi connectivity index (χ1) is 10.3. The molecule has 5 nitrogen and oxygen atoms in total. The fraction of sp³-hybridized carbons (Fsp3) is 0.308. The number of alkyl halides is 3. The molecule has 0 radical (unpaired) electrons. The zero-order chi connectivity index (χ0) is 16.3. The van der Waals surface area contributed by atoms with Crippen LogP contribution >= 0.6 is 11.3 Å². The maximum absolute atomic E-state index is 12.6. The second-order valence-corrected chi connectivity index (χ2v) is 5.79. The Labute approximate surface area is 128 Å². The van der Waals surface area contributed by atoms with Crippen LogP contribution in [0.15, 0.2) is 24.3 Å². The molecule has 2 rings (SSSR count). The molecule has 0 aliphatic carbocycles. The van der Waals surface area contributed by atoms with Crippen molar-refractivity contribution in [3.05, 3.63) is 40.4 Å². The fourth-order valence-electron chi connectivity index (χ4n) is 1.73. The molecule has 22 heavy (non-hydrogen) atoms. The standard InChI is InChI=1S/C13H13F3N4OS/c1-8-18-19-11(22-8)17-12(21)20(2)7-9-4-3-5-10(6-9)13(14,15)16/h3-6H,7H2,1-2H3,(H,17,19,21). The average molecular weight is 330 g/mol. The van der Waals surface area contributed by atoms with E-state index in [1.807, 2.05) is 0 Å². The summed E-state index contributed by atoms with van der Waals surface area (Å²) in [5, 5.41) is 11.1. The lowest BCUT2D eigenvalue weighted by molar-refractivity contribution is -0.137. The van der Waals surface area contributed by atoms with Crippen molar-refractivity contribution in [2.75, 3.05) is 12.4 Å². The molecule has 118 valence electrons. The van der Waals surface area contributed by atoms with Crippen LogP contribution in [0.1, 0.15) is 16.1 Å². The van der Waals surface area contributed by atoms with Crippen molar-refractivity contribution in [1.82, 2.24) is 15.1 Å². The lowest BCUT2D eigenvalue weighted by atomic mass is 10.1. The monoisotopic (exact) mass is 330 g/mol. The van der Waals surface area contributed by atoms with E-state index in [9.17, 15) is 18.0 Å². The van der Waals surface area contributed by atoms with Crippen molar-refractivity contribution in [2.45, 2.75) is 19.6 Å². The normalized spacial score (nSPS) is 11.3. The van der Waals surface area contributed by atoms with Crippen LogP contribution in [0.3, 0.4) is 0 Å². The van der Waals surface area contributed by atoms with Gasteiger partial charge in [-0.15, -0.1) is 10.2 Å². The number of nitrogens with zero attached hydrogens (tertiary/aromatic N) is 3. The summed E-state index contributed by atoms with van der Waals surface area (Å²) < 4.78 is 37.9. The second-order valence-electron chi connectivity index (χ2n) is 4.61. The summed E-state index contributed by atoms with van der Waals surface area (Å²) in [4.78, 5) is 13.2. The van der Waals surface area contributed by atoms with Crippen LogP contribution in [-0.2, 0) is 12.7 Å². The van der Waals surface area contributed by atoms with Crippen molar-refractivity contribution in [2.24, 2.45) is 0 Å². The molecule has 1 heterocycles. The first-order valence-corrected chi connectivity index (χ1v) is 7.05. The number of halogens is 3. The third kappa shape index (κ3) is 4.17. The van der Waals surface area contributed by atoms with Gasteiger partial charge in [0.1, 0.15) is 5.01 Å². The average Bonchev–Trinajstić information content (AvgIpc) is 2.83. The van der Waals surface area contributed by atoms with Gasteiger partial charge in [0.15, 0.2) is 0 Å². The molecule has 1 aromatic heterocycles. The number of benzene rings is 1. The molecule has 2 amide bonds. The maximum Gasteiger partial charge on any atom is 0.416 e. The molecule has 2 aromatic rings. The summed E-state index contributed by atoms with van der Waals surface area (Å²) in [5.41, 5.74) is -0.348. The minimum absolute atomic E-state index is 0.0491. The van der Waals surface area contributed by atoms with Gasteiger partial charge in [-0.05, 0) is 24.6 Å². The number of urea groups is 1. The van der Waals surface area contributed by atoms with Crippen molar-refractivity contribution in [3.63, 3.8) is 0 Å². The number of hydrogen-bond acceptors (Lipinski definition) is 4. The zero-order valence-corrected chi connectivity index (χ0v) is 12.6. The van der Waals surface area contributed by atoms with Crippen LogP contribution in [0, 0.1) is 6.92 Å². The van der Waals surface area contributed by atoms with Gasteiger partial charge in [0, 0.05) is 13.6 Å². The Morgan fingerprint density at radius 3 is 2.68 bits per heavy atom. The summed E-state index contributed by atoms with van der Waals surface area (Å²) in [6, 6.07) is 4.41. The third-order valence-corrected chi connectivity index (χ3v) is 3.51. The molecule has 0 unspecified atom stereocenters. The van der Waals surface area contributed by atoms with Crippen molar-refractivity contribution >= 4 is 22.5 Å². The highest BCUT2D eigenvalue weighted by molar-refractivity contribution is 7.15. The highest BCUT2D eigenvalue weighted by Gasteiger charge is 2.30. The van der Waals surface area contributed by atoms with Crippen LogP contribution in [-0.4, -0.2) is 28.2 Å². The number of aromatic nitrogens is 2. The molecule has 0 spiro atoms. The zero-order valence-electron chi connectivity index (χ0n) is 11.8. The molecule has 0 aliphatic heterocycles. The van der Waals surface area contributed by atoms with Gasteiger partial charge in [0.2, 0.25) is 5.13 Å². The van der Waals surface area contributed by atoms with E-state index in [-0.39, 0.29) is 6.54 Å². The highest BCUT2D eigenvalue weighted by Crippen LogP contribution is 2.29. The Hall–Kier alpha value is -2.16. The van der Waals surface area contributed by atoms with E-state index in [2.05, 4.69) is 15.5 Å². The van der Waals surface area contributed by atoms with Crippen LogP contribution in [0.25, 0.3) is 0 Å². The molecule has 0 saturated heterocycles. The Kier molecular flexibility index (Phi) is 4.65. The van der Waals surface area contributed by atoms with Gasteiger partial charge in [-0.1, -0.05) is 23.5 Å². The van der Waals surface area contributed by atoms with Gasteiger partial charge in [0.25, 0.3) is 0 Å². The number of amides is 2. The lowest BCUT2D eigenvalue weighted by Crippen LogP contribution is -2.30. The highest BCUT2D eigenvalue weighted by atomic mass is 32.1. The number of hydrogen-bond donors (Lipinski definition) is 1. The second kappa shape index (κ2) is 6.30. The van der Waals surface area contributed by atoms with Crippen LogP contribution in [0.5, 0.6) is 0 Å². The number of rotatable bonds is 3. The summed E-state index contributed by atoms with van der Waals surface area (Å²) in [5.74, 6) is 0. The SMILES string of the molecule is Cc1nnc(NC(=O)N(C)Cc2cccc(C(F)(F)F)c2)s1. The maximum atomic E-state index is 12.6. The molecule has 0 aliphatic rings. The Morgan fingerprint density at radius 2 is 2.09 bits per heavy atom. The number of carbonyl (C=O) groups excluding carboxylic acids is 1. The van der Waals surface area contributed by atoms with Crippen LogP contribution in [0.2, 0.25) is 0 Å². The quantitative estimate of drug-likeness (QED) is 0.936. The topological polar surface area (TPSA) is 58.1 Å². The molecule has 0 atom stereocenters. The molecule has 9 heteroatoms. The van der Waals surface area contributed by atoms with Crippen molar-refractivity contribution in [3.8, 4) is 0 Å². The molecule has 0 saturated carbocycles. The summed E-state index contributed by atoms with van der Waals surface area (Å²) >= 11 is 1.22. The van der Waals surface area contributed by atoms with E-state index in [4.69, 9.17) is 0 Å². The predicted molar refractivity (Wildman–Crippen MR) is 76.6 cm³/mol. The van der Waals surface area contributed by atoms with Gasteiger partial charge >= 0.3 is 12.2 Å². The minimum Gasteiger partial charge on any atom is -0.323 e. The Balaban J connectivity index is 2.02. The summed E-state index contributed by atoms with van der Waals surface area (Å²) in [6.45, 7) is 1.80. The van der Waals surface area contributed by atoms with E-state index in [1.165, 1.54) is 35.4 Å². The predicted octanol–water partition coefficient (Wildman–Crippen LogP) is 3.53. The molecular weight excluding hydrogens is 317 g/mol. The molecule has 0 bridgehead atoms. The smallest absolute Gasteiger partial charge is 0.323 e.